The van der Waals surface area contributed by atoms with E-state index in [4.69, 9.17) is 4.74 Å². The lowest BCUT2D eigenvalue weighted by atomic mass is 9.41. The Bertz CT molecular complexity index is 938. The van der Waals surface area contributed by atoms with E-state index in [1.54, 1.807) is 6.92 Å². The number of carbonyl (C=O) groups is 3. The molecule has 0 aliphatic heterocycles. The van der Waals surface area contributed by atoms with Crippen LogP contribution >= 0.6 is 0 Å². The maximum absolute atomic E-state index is 13.1. The lowest BCUT2D eigenvalue weighted by Gasteiger charge is -2.62. The van der Waals surface area contributed by atoms with Gasteiger partial charge in [0.2, 0.25) is 0 Å². The number of ether oxygens (including phenoxy) is 1. The van der Waals surface area contributed by atoms with Crippen molar-refractivity contribution in [1.82, 2.24) is 0 Å². The first kappa shape index (κ1) is 32.8. The van der Waals surface area contributed by atoms with Crippen molar-refractivity contribution in [3.8, 4) is 0 Å². The van der Waals surface area contributed by atoms with Gasteiger partial charge in [-0.3, -0.25) is 14.4 Å². The fraction of sp³-hybridized carbons (Fsp3) is 0.853. The van der Waals surface area contributed by atoms with Gasteiger partial charge in [-0.25, -0.2) is 0 Å². The predicted molar refractivity (Wildman–Crippen MR) is 157 cm³/mol. The number of methoxy groups -OCH3 is 1. The molecular formula is C34H58O4. The van der Waals surface area contributed by atoms with Crippen LogP contribution < -0.4 is 0 Å². The Morgan fingerprint density at radius 1 is 0.947 bits per heavy atom. The second kappa shape index (κ2) is 11.2. The fourth-order valence-electron chi connectivity index (χ4n) is 8.15. The molecule has 0 spiro atoms. The Labute approximate surface area is 234 Å². The number of allylic oxidation sites excluding steroid dienone is 2. The van der Waals surface area contributed by atoms with E-state index in [-0.39, 0.29) is 44.7 Å². The highest BCUT2D eigenvalue weighted by Crippen LogP contribution is 2.67. The van der Waals surface area contributed by atoms with Gasteiger partial charge in [0.05, 0.1) is 12.5 Å². The molecule has 4 atom stereocenters. The summed E-state index contributed by atoms with van der Waals surface area (Å²) in [4.78, 5) is 38.7. The standard InChI is InChI=1S/C34H58O4/c1-13-16-29(3,4)19-21-32(9,28(37)38-12)22-20-30(5,6)34(11)18-14-25-31(7,8)27(36)15-17-33(25,10)26(34)23-24(2)35/h23,25H,13-22H2,1-12H3/b26-23-/t25-,32-,33-,34+/m0/s1. The average molecular weight is 531 g/mol. The third-order valence-corrected chi connectivity index (χ3v) is 11.5. The molecule has 0 bridgehead atoms. The molecule has 2 rings (SSSR count). The zero-order chi connectivity index (χ0) is 29.4. The minimum absolute atomic E-state index is 0.0798. The number of carbonyl (C=O) groups excluding carboxylic acids is 3. The fourth-order valence-corrected chi connectivity index (χ4v) is 8.15. The zero-order valence-electron chi connectivity index (χ0n) is 26.9. The van der Waals surface area contributed by atoms with E-state index in [2.05, 4.69) is 69.2 Å². The SMILES string of the molecule is CCCC(C)(C)CC[C@@](C)(CCC(C)(C)[C@]1(C)CC[C@H]2C(C)(C)C(=O)CC[C@]2(C)/C1=C/C(C)=O)C(=O)OC. The van der Waals surface area contributed by atoms with E-state index in [1.807, 2.05) is 6.08 Å². The van der Waals surface area contributed by atoms with E-state index in [0.717, 1.165) is 57.8 Å². The van der Waals surface area contributed by atoms with Crippen LogP contribution in [0.15, 0.2) is 11.6 Å². The minimum Gasteiger partial charge on any atom is -0.469 e. The van der Waals surface area contributed by atoms with Gasteiger partial charge in [-0.1, -0.05) is 74.3 Å². The molecule has 38 heavy (non-hydrogen) atoms. The van der Waals surface area contributed by atoms with Gasteiger partial charge in [-0.2, -0.15) is 0 Å². The Morgan fingerprint density at radius 2 is 1.53 bits per heavy atom. The molecular weight excluding hydrogens is 472 g/mol. The van der Waals surface area contributed by atoms with Crippen LogP contribution in [0.25, 0.3) is 0 Å². The third kappa shape index (κ3) is 6.15. The molecule has 2 aliphatic rings. The lowest BCUT2D eigenvalue weighted by Crippen LogP contribution is -2.56. The number of ketones is 2. The summed E-state index contributed by atoms with van der Waals surface area (Å²) in [5, 5.41) is 0. The first-order chi connectivity index (χ1) is 17.2. The quantitative estimate of drug-likeness (QED) is 0.198. The van der Waals surface area contributed by atoms with Crippen molar-refractivity contribution in [1.29, 1.82) is 0 Å². The van der Waals surface area contributed by atoms with Crippen molar-refractivity contribution in [2.75, 3.05) is 7.11 Å². The number of hydrogen-bond acceptors (Lipinski definition) is 4. The second-order valence-corrected chi connectivity index (χ2v) is 15.5. The normalized spacial score (nSPS) is 30.5. The van der Waals surface area contributed by atoms with Crippen molar-refractivity contribution < 1.29 is 19.1 Å². The molecule has 0 heterocycles. The van der Waals surface area contributed by atoms with Crippen molar-refractivity contribution in [3.05, 3.63) is 11.6 Å². The average Bonchev–Trinajstić information content (AvgIpc) is 2.81. The van der Waals surface area contributed by atoms with Gasteiger partial charge in [0.1, 0.15) is 5.78 Å². The highest BCUT2D eigenvalue weighted by molar-refractivity contribution is 5.89. The number of esters is 1. The Morgan fingerprint density at radius 3 is 2.05 bits per heavy atom. The molecule has 0 aromatic rings. The van der Waals surface area contributed by atoms with E-state index in [1.165, 1.54) is 12.7 Å². The lowest BCUT2D eigenvalue weighted by molar-refractivity contribution is -0.154. The molecule has 0 N–H and O–H groups in total. The van der Waals surface area contributed by atoms with Crippen LogP contribution in [-0.4, -0.2) is 24.6 Å². The zero-order valence-corrected chi connectivity index (χ0v) is 26.9. The van der Waals surface area contributed by atoms with Crippen LogP contribution in [0.1, 0.15) is 140 Å². The Hall–Kier alpha value is -1.45. The van der Waals surface area contributed by atoms with Gasteiger partial charge in [0, 0.05) is 11.8 Å². The molecule has 2 fully saturated rings. The van der Waals surface area contributed by atoms with Crippen LogP contribution in [0.2, 0.25) is 0 Å². The van der Waals surface area contributed by atoms with Gasteiger partial charge in [-0.05, 0) is 98.9 Å². The van der Waals surface area contributed by atoms with Crippen LogP contribution in [-0.2, 0) is 19.1 Å². The van der Waals surface area contributed by atoms with E-state index in [0.29, 0.717) is 12.2 Å². The highest BCUT2D eigenvalue weighted by atomic mass is 16.5. The van der Waals surface area contributed by atoms with Crippen LogP contribution in [0, 0.1) is 38.4 Å². The van der Waals surface area contributed by atoms with E-state index in [9.17, 15) is 14.4 Å². The molecule has 0 amide bonds. The van der Waals surface area contributed by atoms with Crippen LogP contribution in [0.4, 0.5) is 0 Å². The molecule has 0 unspecified atom stereocenters. The van der Waals surface area contributed by atoms with Crippen molar-refractivity contribution in [3.63, 3.8) is 0 Å². The van der Waals surface area contributed by atoms with E-state index < -0.39 is 5.41 Å². The van der Waals surface area contributed by atoms with Gasteiger partial charge in [0.25, 0.3) is 0 Å². The maximum Gasteiger partial charge on any atom is 0.311 e. The topological polar surface area (TPSA) is 60.4 Å². The summed E-state index contributed by atoms with van der Waals surface area (Å²) in [6.45, 7) is 24.1. The summed E-state index contributed by atoms with van der Waals surface area (Å²) in [7, 11) is 1.51. The predicted octanol–water partition coefficient (Wildman–Crippen LogP) is 8.91. The van der Waals surface area contributed by atoms with Crippen LogP contribution in [0.3, 0.4) is 0 Å². The smallest absolute Gasteiger partial charge is 0.311 e. The van der Waals surface area contributed by atoms with Crippen molar-refractivity contribution in [2.45, 2.75) is 140 Å². The van der Waals surface area contributed by atoms with Gasteiger partial charge in [-0.15, -0.1) is 0 Å². The number of Topliss-reactive ketones (excluding diaryl/α,β-unsaturated/α-hetero) is 1. The third-order valence-electron chi connectivity index (χ3n) is 11.5. The first-order valence-corrected chi connectivity index (χ1v) is 15.1. The van der Waals surface area contributed by atoms with Gasteiger partial charge >= 0.3 is 5.97 Å². The molecule has 0 aromatic heterocycles. The summed E-state index contributed by atoms with van der Waals surface area (Å²) in [5.41, 5.74) is -0.0600. The number of rotatable bonds is 11. The molecule has 218 valence electrons. The largest absolute Gasteiger partial charge is 0.469 e. The molecule has 2 aliphatic carbocycles. The first-order valence-electron chi connectivity index (χ1n) is 15.1. The molecule has 4 nitrogen and oxygen atoms in total. The highest BCUT2D eigenvalue weighted by Gasteiger charge is 2.61. The summed E-state index contributed by atoms with van der Waals surface area (Å²) in [6.07, 6.45) is 10.9. The summed E-state index contributed by atoms with van der Waals surface area (Å²) in [5.74, 6) is 0.543. The van der Waals surface area contributed by atoms with Gasteiger partial charge < -0.3 is 4.74 Å². The summed E-state index contributed by atoms with van der Waals surface area (Å²) < 4.78 is 5.34. The van der Waals surface area contributed by atoms with E-state index >= 15 is 0 Å². The minimum atomic E-state index is -0.543. The molecule has 2 saturated carbocycles. The molecule has 0 radical (unpaired) electrons. The van der Waals surface area contributed by atoms with Crippen molar-refractivity contribution in [2.24, 2.45) is 38.4 Å². The van der Waals surface area contributed by atoms with Crippen LogP contribution in [0.5, 0.6) is 0 Å². The monoisotopic (exact) mass is 530 g/mol. The maximum atomic E-state index is 13.1. The molecule has 4 heteroatoms. The van der Waals surface area contributed by atoms with Crippen molar-refractivity contribution >= 4 is 17.5 Å². The summed E-state index contributed by atoms with van der Waals surface area (Å²) >= 11 is 0. The molecule has 0 saturated heterocycles. The van der Waals surface area contributed by atoms with Gasteiger partial charge in [0.15, 0.2) is 5.78 Å². The second-order valence-electron chi connectivity index (χ2n) is 15.5. The molecule has 0 aromatic carbocycles. The number of hydrogen-bond donors (Lipinski definition) is 0. The summed E-state index contributed by atoms with van der Waals surface area (Å²) in [6, 6.07) is 0. The number of fused-ring (bicyclic) bond motifs is 1. The Balaban J connectivity index is 2.43. The Kier molecular flexibility index (Phi) is 9.66.